The number of hydrogen-bond acceptors (Lipinski definition) is 3. The summed E-state index contributed by atoms with van der Waals surface area (Å²) in [4.78, 5) is 0. The van der Waals surface area contributed by atoms with Gasteiger partial charge in [-0.3, -0.25) is 0 Å². The predicted octanol–water partition coefficient (Wildman–Crippen LogP) is 2.63. The van der Waals surface area contributed by atoms with E-state index in [9.17, 15) is 0 Å². The molecule has 0 bridgehead atoms. The first-order valence-electron chi connectivity index (χ1n) is 5.77. The van der Waals surface area contributed by atoms with Gasteiger partial charge in [-0.1, -0.05) is 13.2 Å². The molecule has 1 saturated heterocycles. The van der Waals surface area contributed by atoms with Crippen molar-refractivity contribution in [2.75, 3.05) is 13.2 Å². The van der Waals surface area contributed by atoms with Crippen molar-refractivity contribution in [2.24, 2.45) is 5.41 Å². The highest BCUT2D eigenvalue weighted by molar-refractivity contribution is 5.08. The Morgan fingerprint density at radius 2 is 1.94 bits per heavy atom. The summed E-state index contributed by atoms with van der Waals surface area (Å²) in [6, 6.07) is 0. The largest absolute Gasteiger partial charge is 0.501 e. The Kier molecular flexibility index (Phi) is 2.98. The van der Waals surface area contributed by atoms with Crippen molar-refractivity contribution in [1.29, 1.82) is 0 Å². The maximum absolute atomic E-state index is 5.72. The third kappa shape index (κ3) is 2.09. The van der Waals surface area contributed by atoms with Crippen molar-refractivity contribution < 1.29 is 14.2 Å². The number of rotatable bonds is 6. The second kappa shape index (κ2) is 4.13. The van der Waals surface area contributed by atoms with Gasteiger partial charge in [0.2, 0.25) is 0 Å². The fraction of sp³-hybridized carbons (Fsp3) is 0.692. The molecule has 2 fully saturated rings. The second-order valence-electron chi connectivity index (χ2n) is 5.09. The van der Waals surface area contributed by atoms with Crippen LogP contribution in [0.2, 0.25) is 0 Å². The molecule has 0 aromatic rings. The first kappa shape index (κ1) is 11.5. The summed E-state index contributed by atoms with van der Waals surface area (Å²) >= 11 is 0. The third-order valence-electron chi connectivity index (χ3n) is 3.71. The molecule has 2 unspecified atom stereocenters. The molecule has 2 aliphatic rings. The van der Waals surface area contributed by atoms with Gasteiger partial charge in [0.15, 0.2) is 0 Å². The summed E-state index contributed by atoms with van der Waals surface area (Å²) in [5.74, 6) is 0. The van der Waals surface area contributed by atoms with E-state index in [0.717, 1.165) is 19.3 Å². The summed E-state index contributed by atoms with van der Waals surface area (Å²) in [6.45, 7) is 10.6. The molecule has 0 aromatic heterocycles. The van der Waals surface area contributed by atoms with Crippen molar-refractivity contribution in [3.63, 3.8) is 0 Å². The Morgan fingerprint density at radius 1 is 1.31 bits per heavy atom. The number of epoxide rings is 1. The third-order valence-corrected chi connectivity index (χ3v) is 3.71. The van der Waals surface area contributed by atoms with Crippen LogP contribution in [0, 0.1) is 5.41 Å². The topological polar surface area (TPSA) is 31.0 Å². The van der Waals surface area contributed by atoms with Gasteiger partial charge in [-0.15, -0.1) is 0 Å². The van der Waals surface area contributed by atoms with Crippen molar-refractivity contribution in [2.45, 2.75) is 37.9 Å². The highest BCUT2D eigenvalue weighted by atomic mass is 16.6. The highest BCUT2D eigenvalue weighted by Crippen LogP contribution is 2.54. The first-order valence-corrected chi connectivity index (χ1v) is 5.77. The van der Waals surface area contributed by atoms with Gasteiger partial charge in [-0.25, -0.2) is 0 Å². The van der Waals surface area contributed by atoms with Crippen molar-refractivity contribution in [1.82, 2.24) is 0 Å². The van der Waals surface area contributed by atoms with E-state index in [1.165, 1.54) is 12.5 Å². The molecule has 2 rings (SSSR count). The predicted molar refractivity (Wildman–Crippen MR) is 61.9 cm³/mol. The van der Waals surface area contributed by atoms with Gasteiger partial charge in [0.05, 0.1) is 37.4 Å². The summed E-state index contributed by atoms with van der Waals surface area (Å²) in [5.41, 5.74) is 0.0947. The minimum Gasteiger partial charge on any atom is -0.501 e. The summed E-state index contributed by atoms with van der Waals surface area (Å²) < 4.78 is 16.5. The van der Waals surface area contributed by atoms with Crippen LogP contribution >= 0.6 is 0 Å². The van der Waals surface area contributed by atoms with Crippen LogP contribution in [-0.2, 0) is 14.2 Å². The van der Waals surface area contributed by atoms with E-state index in [1.807, 2.05) is 0 Å². The molecular formula is C13H20O3. The maximum atomic E-state index is 5.72. The van der Waals surface area contributed by atoms with Crippen molar-refractivity contribution in [3.05, 3.63) is 25.7 Å². The molecule has 0 spiro atoms. The van der Waals surface area contributed by atoms with E-state index in [4.69, 9.17) is 14.2 Å². The van der Waals surface area contributed by atoms with Crippen LogP contribution < -0.4 is 0 Å². The molecule has 1 heterocycles. The van der Waals surface area contributed by atoms with Crippen molar-refractivity contribution >= 4 is 0 Å². The van der Waals surface area contributed by atoms with E-state index in [0.29, 0.717) is 19.3 Å². The zero-order valence-corrected chi connectivity index (χ0v) is 9.91. The summed E-state index contributed by atoms with van der Waals surface area (Å²) in [7, 11) is 0. The fourth-order valence-corrected chi connectivity index (χ4v) is 2.84. The molecule has 1 aliphatic carbocycles. The quantitative estimate of drug-likeness (QED) is 0.513. The lowest BCUT2D eigenvalue weighted by atomic mass is 9.71. The van der Waals surface area contributed by atoms with Crippen LogP contribution in [0.4, 0.5) is 0 Å². The molecule has 0 radical (unpaired) electrons. The Labute approximate surface area is 97.1 Å². The lowest BCUT2D eigenvalue weighted by Gasteiger charge is -2.36. The Balaban J connectivity index is 2.01. The van der Waals surface area contributed by atoms with Gasteiger partial charge >= 0.3 is 0 Å². The normalized spacial score (nSPS) is 34.7. The van der Waals surface area contributed by atoms with Crippen LogP contribution in [0.1, 0.15) is 26.2 Å². The maximum Gasteiger partial charge on any atom is 0.0962 e. The first-order chi connectivity index (χ1) is 7.64. The van der Waals surface area contributed by atoms with Crippen LogP contribution in [-0.4, -0.2) is 24.9 Å². The van der Waals surface area contributed by atoms with E-state index >= 15 is 0 Å². The second-order valence-corrected chi connectivity index (χ2v) is 5.09. The van der Waals surface area contributed by atoms with Crippen LogP contribution in [0.15, 0.2) is 25.7 Å². The molecule has 1 saturated carbocycles. The number of hydrogen-bond donors (Lipinski definition) is 0. The van der Waals surface area contributed by atoms with Crippen LogP contribution in [0.5, 0.6) is 0 Å². The fourth-order valence-electron chi connectivity index (χ4n) is 2.84. The zero-order valence-electron chi connectivity index (χ0n) is 9.91. The molecule has 1 aliphatic heterocycles. The molecular weight excluding hydrogens is 204 g/mol. The summed E-state index contributed by atoms with van der Waals surface area (Å²) in [5, 5.41) is 0. The smallest absolute Gasteiger partial charge is 0.0962 e. The SMILES string of the molecule is C=COCC1(COC=C)CCC2OC2(C)C1. The minimum atomic E-state index is 0.0458. The molecule has 2 atom stereocenters. The van der Waals surface area contributed by atoms with Gasteiger partial charge < -0.3 is 14.2 Å². The van der Waals surface area contributed by atoms with Gasteiger partial charge in [0.1, 0.15) is 0 Å². The minimum absolute atomic E-state index is 0.0458. The van der Waals surface area contributed by atoms with E-state index < -0.39 is 0 Å². The molecule has 16 heavy (non-hydrogen) atoms. The lowest BCUT2D eigenvalue weighted by Crippen LogP contribution is -2.39. The van der Waals surface area contributed by atoms with E-state index in [2.05, 4.69) is 20.1 Å². The highest BCUT2D eigenvalue weighted by Gasteiger charge is 2.60. The van der Waals surface area contributed by atoms with Gasteiger partial charge in [0.25, 0.3) is 0 Å². The molecule has 3 heteroatoms. The van der Waals surface area contributed by atoms with Crippen molar-refractivity contribution in [3.8, 4) is 0 Å². The number of ether oxygens (including phenoxy) is 3. The van der Waals surface area contributed by atoms with E-state index in [1.54, 1.807) is 0 Å². The van der Waals surface area contributed by atoms with Crippen LogP contribution in [0.25, 0.3) is 0 Å². The van der Waals surface area contributed by atoms with Gasteiger partial charge in [-0.05, 0) is 26.2 Å². The average Bonchev–Trinajstić information content (AvgIpc) is 2.94. The average molecular weight is 224 g/mol. The van der Waals surface area contributed by atoms with E-state index in [-0.39, 0.29) is 11.0 Å². The monoisotopic (exact) mass is 224 g/mol. The van der Waals surface area contributed by atoms with Gasteiger partial charge in [0, 0.05) is 5.41 Å². The molecule has 0 aromatic carbocycles. The molecule has 0 N–H and O–H groups in total. The lowest BCUT2D eigenvalue weighted by molar-refractivity contribution is 0.00470. The Hall–Kier alpha value is -0.960. The molecule has 0 amide bonds. The molecule has 3 nitrogen and oxygen atoms in total. The van der Waals surface area contributed by atoms with Crippen LogP contribution in [0.3, 0.4) is 0 Å². The standard InChI is InChI=1S/C13H20O3/c1-4-14-9-13(10-15-5-2)7-6-11-12(3,8-13)16-11/h4-5,11H,1-2,6-10H2,3H3. The zero-order chi connectivity index (χ0) is 11.6. The number of fused-ring (bicyclic) bond motifs is 1. The Morgan fingerprint density at radius 3 is 2.44 bits per heavy atom. The Bertz CT molecular complexity index is 275. The summed E-state index contributed by atoms with van der Waals surface area (Å²) in [6.07, 6.45) is 6.61. The van der Waals surface area contributed by atoms with Gasteiger partial charge in [-0.2, -0.15) is 0 Å². The molecule has 90 valence electrons.